The Morgan fingerprint density at radius 3 is 1.32 bits per heavy atom. The van der Waals surface area contributed by atoms with Crippen LogP contribution in [-0.4, -0.2) is 0 Å². The predicted octanol–water partition coefficient (Wildman–Crippen LogP) is 22.4. The van der Waals surface area contributed by atoms with Crippen LogP contribution in [0.1, 0.15) is 22.3 Å². The van der Waals surface area contributed by atoms with Gasteiger partial charge in [0.05, 0.1) is 33.9 Å². The van der Waals surface area contributed by atoms with Crippen LogP contribution in [0.4, 0.5) is 34.1 Å². The first kappa shape index (κ1) is 47.4. The smallest absolute Gasteiger partial charge is 0.159 e. The number of benzene rings is 14. The maximum atomic E-state index is 7.04. The van der Waals surface area contributed by atoms with Gasteiger partial charge in [0.2, 0.25) is 0 Å². The summed E-state index contributed by atoms with van der Waals surface area (Å²) in [5.41, 5.74) is 23.4. The van der Waals surface area contributed by atoms with Gasteiger partial charge in [-0.3, -0.25) is 0 Å². The Morgan fingerprint density at radius 2 is 0.718 bits per heavy atom. The van der Waals surface area contributed by atoms with Crippen LogP contribution in [0.5, 0.6) is 0 Å². The number of anilines is 6. The van der Waals surface area contributed by atoms with Gasteiger partial charge in [-0.15, -0.1) is 0 Å². The van der Waals surface area contributed by atoms with Crippen LogP contribution in [0, 0.1) is 0 Å². The Bertz CT molecular complexity index is 5360. The molecule has 0 bridgehead atoms. The van der Waals surface area contributed by atoms with Gasteiger partial charge in [-0.25, -0.2) is 0 Å². The molecule has 2 aliphatic carbocycles. The van der Waals surface area contributed by atoms with E-state index in [9.17, 15) is 0 Å². The minimum atomic E-state index is -0.729. The Balaban J connectivity index is 0.932. The van der Waals surface area contributed by atoms with E-state index in [2.05, 4.69) is 307 Å². The summed E-state index contributed by atoms with van der Waals surface area (Å²) < 4.78 is 13.9. The van der Waals surface area contributed by atoms with E-state index in [1.54, 1.807) is 0 Å². The highest BCUT2D eigenvalue weighted by molar-refractivity contribution is 6.18. The molecule has 0 fully saturated rings. The molecule has 0 saturated carbocycles. The zero-order valence-corrected chi connectivity index (χ0v) is 46.1. The van der Waals surface area contributed by atoms with Crippen molar-refractivity contribution in [1.29, 1.82) is 0 Å². The molecule has 0 unspecified atom stereocenters. The number of rotatable bonds is 8. The molecular weight excluding hydrogens is 1030 g/mol. The third-order valence-electron chi connectivity index (χ3n) is 18.2. The van der Waals surface area contributed by atoms with Crippen LogP contribution in [0.25, 0.3) is 110 Å². The molecule has 2 aromatic heterocycles. The van der Waals surface area contributed by atoms with Gasteiger partial charge in [-0.2, -0.15) is 0 Å². The van der Waals surface area contributed by atoms with Gasteiger partial charge in [0.25, 0.3) is 0 Å². The molecule has 0 amide bonds. The molecule has 18 rings (SSSR count). The number of nitrogens with zero attached hydrogens (tertiary/aromatic N) is 2. The SMILES string of the molecule is c1ccc(-c2ccccc2N(c2ccc3c4c(ccc3c2)-c2c(cc(N(c3ccccc3-c3ccccc3)c3cccc5c3oc3ccccc35)c3ccccc23)C42c3ccccc3-c3ccccc32)c2cccc3c2oc2ccccc23)cc1. The van der Waals surface area contributed by atoms with Crippen molar-refractivity contribution in [2.45, 2.75) is 5.41 Å². The number of fused-ring (bicyclic) bond motifs is 20. The normalized spacial score (nSPS) is 12.8. The average Bonchev–Trinajstić information content (AvgIpc) is 1.57. The Kier molecular flexibility index (Phi) is 10.3. The number of furan rings is 2. The van der Waals surface area contributed by atoms with Gasteiger partial charge < -0.3 is 18.6 Å². The van der Waals surface area contributed by atoms with Crippen LogP contribution in [0.2, 0.25) is 0 Å². The minimum absolute atomic E-state index is 0.729. The van der Waals surface area contributed by atoms with Crippen LogP contribution in [-0.2, 0) is 5.41 Å². The predicted molar refractivity (Wildman–Crippen MR) is 353 cm³/mol. The summed E-state index contributed by atoms with van der Waals surface area (Å²) in [5, 5.41) is 9.01. The largest absolute Gasteiger partial charge is 0.454 e. The van der Waals surface area contributed by atoms with Crippen molar-refractivity contribution in [2.24, 2.45) is 0 Å². The molecule has 85 heavy (non-hydrogen) atoms. The van der Waals surface area contributed by atoms with Gasteiger partial charge in [-0.05, 0) is 126 Å². The number of para-hydroxylation sites is 6. The van der Waals surface area contributed by atoms with Crippen molar-refractivity contribution >= 4 is 99.5 Å². The molecule has 2 heterocycles. The molecule has 0 N–H and O–H groups in total. The molecule has 4 heteroatoms. The van der Waals surface area contributed by atoms with Crippen molar-refractivity contribution in [3.8, 4) is 44.5 Å². The Labute approximate surface area is 490 Å². The highest BCUT2D eigenvalue weighted by Crippen LogP contribution is 2.66. The lowest BCUT2D eigenvalue weighted by Crippen LogP contribution is -2.26. The summed E-state index contributed by atoms with van der Waals surface area (Å²) in [4.78, 5) is 4.91. The van der Waals surface area contributed by atoms with Crippen molar-refractivity contribution in [2.75, 3.05) is 9.80 Å². The fourth-order valence-electron chi connectivity index (χ4n) is 14.8. The van der Waals surface area contributed by atoms with Crippen molar-refractivity contribution < 1.29 is 8.83 Å². The lowest BCUT2D eigenvalue weighted by Gasteiger charge is -2.34. The lowest BCUT2D eigenvalue weighted by atomic mass is 9.69. The molecule has 4 nitrogen and oxygen atoms in total. The molecule has 0 saturated heterocycles. The average molecular weight is 1080 g/mol. The lowest BCUT2D eigenvalue weighted by molar-refractivity contribution is 0.668. The zero-order valence-electron chi connectivity index (χ0n) is 46.1. The molecular formula is C81H50N2O2. The van der Waals surface area contributed by atoms with E-state index in [1.165, 1.54) is 55.3 Å². The van der Waals surface area contributed by atoms with Crippen LogP contribution >= 0.6 is 0 Å². The summed E-state index contributed by atoms with van der Waals surface area (Å²) >= 11 is 0. The second-order valence-corrected chi connectivity index (χ2v) is 22.5. The topological polar surface area (TPSA) is 32.8 Å². The van der Waals surface area contributed by atoms with Crippen LogP contribution < -0.4 is 9.80 Å². The van der Waals surface area contributed by atoms with E-state index in [0.29, 0.717) is 0 Å². The molecule has 0 atom stereocenters. The summed E-state index contributed by atoms with van der Waals surface area (Å²) in [5.74, 6) is 0. The van der Waals surface area contributed by atoms with E-state index in [0.717, 1.165) is 111 Å². The summed E-state index contributed by atoms with van der Waals surface area (Å²) in [7, 11) is 0. The molecule has 2 aliphatic rings. The summed E-state index contributed by atoms with van der Waals surface area (Å²) in [6, 6.07) is 111. The van der Waals surface area contributed by atoms with Gasteiger partial charge >= 0.3 is 0 Å². The number of hydrogen-bond acceptors (Lipinski definition) is 4. The van der Waals surface area contributed by atoms with Gasteiger partial charge in [0.15, 0.2) is 11.2 Å². The van der Waals surface area contributed by atoms with Crippen LogP contribution in [0.3, 0.4) is 0 Å². The molecule has 0 radical (unpaired) electrons. The highest BCUT2D eigenvalue weighted by Gasteiger charge is 2.53. The highest BCUT2D eigenvalue weighted by atomic mass is 16.3. The maximum Gasteiger partial charge on any atom is 0.159 e. The third-order valence-corrected chi connectivity index (χ3v) is 18.2. The quantitative estimate of drug-likeness (QED) is 0.152. The standard InChI is InChI=1S/C81H50N2O2/c1-3-23-51(24-4-1)55-27-11-17-39-70(55)82(72-41-21-35-64-61-32-13-19-43-75(61)84-79(64)72)54-46-48-57-53(49-54)45-47-66-77-63-34-8-7-31-60(63)74(50-69(77)81(78(57)66)67-37-15-9-29-58(67)59-30-10-16-38-68(59)81)83(71-40-18-12-28-56(71)52-25-5-2-6-26-52)73-42-22-36-65-62-33-14-20-44-76(62)85-80(65)73/h1-50H. The molecule has 14 aromatic carbocycles. The zero-order chi connectivity index (χ0) is 55.7. The second-order valence-electron chi connectivity index (χ2n) is 22.5. The van der Waals surface area contributed by atoms with E-state index >= 15 is 0 Å². The third kappa shape index (κ3) is 6.79. The van der Waals surface area contributed by atoms with E-state index < -0.39 is 5.41 Å². The fraction of sp³-hybridized carbons (Fsp3) is 0.0123. The summed E-state index contributed by atoms with van der Waals surface area (Å²) in [6.45, 7) is 0. The van der Waals surface area contributed by atoms with Gasteiger partial charge in [0, 0.05) is 43.7 Å². The summed E-state index contributed by atoms with van der Waals surface area (Å²) in [6.07, 6.45) is 0. The van der Waals surface area contributed by atoms with E-state index in [4.69, 9.17) is 8.83 Å². The Morgan fingerprint density at radius 1 is 0.259 bits per heavy atom. The monoisotopic (exact) mass is 1080 g/mol. The molecule has 0 aliphatic heterocycles. The minimum Gasteiger partial charge on any atom is -0.454 e. The van der Waals surface area contributed by atoms with Gasteiger partial charge in [-0.1, -0.05) is 249 Å². The number of hydrogen-bond donors (Lipinski definition) is 0. The fourth-order valence-corrected chi connectivity index (χ4v) is 14.8. The van der Waals surface area contributed by atoms with E-state index in [1.807, 2.05) is 6.07 Å². The Hall–Kier alpha value is -11.2. The van der Waals surface area contributed by atoms with Crippen molar-refractivity contribution in [3.63, 3.8) is 0 Å². The first-order chi connectivity index (χ1) is 42.2. The molecule has 1 spiro atoms. The van der Waals surface area contributed by atoms with Crippen molar-refractivity contribution in [1.82, 2.24) is 0 Å². The maximum absolute atomic E-state index is 7.04. The van der Waals surface area contributed by atoms with Crippen molar-refractivity contribution in [3.05, 3.63) is 326 Å². The molecule has 16 aromatic rings. The molecule has 396 valence electrons. The second kappa shape index (κ2) is 18.4. The van der Waals surface area contributed by atoms with E-state index in [-0.39, 0.29) is 0 Å². The first-order valence-corrected chi connectivity index (χ1v) is 29.2. The van der Waals surface area contributed by atoms with Gasteiger partial charge in [0.1, 0.15) is 11.2 Å². The first-order valence-electron chi connectivity index (χ1n) is 29.2. The van der Waals surface area contributed by atoms with Crippen LogP contribution in [0.15, 0.2) is 312 Å².